The highest BCUT2D eigenvalue weighted by Crippen LogP contribution is 2.37. The van der Waals surface area contributed by atoms with Crippen molar-refractivity contribution < 1.29 is 14.6 Å². The van der Waals surface area contributed by atoms with Crippen LogP contribution in [0.25, 0.3) is 0 Å². The van der Waals surface area contributed by atoms with E-state index in [1.165, 1.54) is 17.8 Å². The van der Waals surface area contributed by atoms with Gasteiger partial charge in [0.2, 0.25) is 5.91 Å². The number of aromatic amines is 1. The molecule has 0 fully saturated rings. The Bertz CT molecular complexity index is 850. The third-order valence-electron chi connectivity index (χ3n) is 3.81. The maximum Gasteiger partial charge on any atom is 0.257 e. The van der Waals surface area contributed by atoms with Crippen LogP contribution in [-0.2, 0) is 4.79 Å². The highest BCUT2D eigenvalue weighted by molar-refractivity contribution is 7.98. The third-order valence-corrected chi connectivity index (χ3v) is 4.39. The van der Waals surface area contributed by atoms with Crippen LogP contribution in [0.4, 0.5) is 5.82 Å². The first-order chi connectivity index (χ1) is 11.5. The molecule has 1 aromatic carbocycles. The Hall–Kier alpha value is -2.48. The molecule has 0 saturated carbocycles. The van der Waals surface area contributed by atoms with E-state index in [2.05, 4.69) is 15.3 Å². The van der Waals surface area contributed by atoms with Crippen LogP contribution in [0.15, 0.2) is 28.2 Å². The highest BCUT2D eigenvalue weighted by atomic mass is 32.2. The van der Waals surface area contributed by atoms with Gasteiger partial charge in [0, 0.05) is 12.3 Å². The maximum absolute atomic E-state index is 12.5. The molecule has 8 heteroatoms. The second-order valence-corrected chi connectivity index (χ2v) is 6.10. The average molecular weight is 347 g/mol. The van der Waals surface area contributed by atoms with E-state index >= 15 is 0 Å². The summed E-state index contributed by atoms with van der Waals surface area (Å²) in [6.45, 7) is 2.21. The second-order valence-electron chi connectivity index (χ2n) is 5.30. The molecule has 2 aromatic rings. The Labute approximate surface area is 142 Å². The number of nitrogens with one attached hydrogen (secondary N) is 2. The predicted molar refractivity (Wildman–Crippen MR) is 91.0 cm³/mol. The smallest absolute Gasteiger partial charge is 0.257 e. The van der Waals surface area contributed by atoms with Crippen LogP contribution in [-0.4, -0.2) is 33.8 Å². The molecule has 0 saturated heterocycles. The van der Waals surface area contributed by atoms with Gasteiger partial charge in [0.05, 0.1) is 12.2 Å². The van der Waals surface area contributed by atoms with Gasteiger partial charge >= 0.3 is 0 Å². The van der Waals surface area contributed by atoms with Crippen LogP contribution in [0, 0.1) is 0 Å². The predicted octanol–water partition coefficient (Wildman–Crippen LogP) is 2.07. The van der Waals surface area contributed by atoms with Crippen molar-refractivity contribution in [3.8, 4) is 11.5 Å². The summed E-state index contributed by atoms with van der Waals surface area (Å²) < 4.78 is 5.39. The van der Waals surface area contributed by atoms with Crippen molar-refractivity contribution >= 4 is 23.5 Å². The molecule has 3 rings (SSSR count). The molecule has 3 N–H and O–H groups in total. The van der Waals surface area contributed by atoms with E-state index in [1.807, 2.05) is 6.92 Å². The molecule has 126 valence electrons. The fraction of sp³-hybridized carbons (Fsp3) is 0.312. The van der Waals surface area contributed by atoms with E-state index in [1.54, 1.807) is 18.4 Å². The number of anilines is 1. The first-order valence-electron chi connectivity index (χ1n) is 7.47. The Kier molecular flexibility index (Phi) is 4.48. The minimum atomic E-state index is -0.444. The number of phenolic OH excluding ortho intramolecular Hbond substituents is 1. The van der Waals surface area contributed by atoms with Gasteiger partial charge in [0.15, 0.2) is 16.7 Å². The van der Waals surface area contributed by atoms with Gasteiger partial charge in [0.1, 0.15) is 5.82 Å². The molecule has 1 aliphatic heterocycles. The van der Waals surface area contributed by atoms with Gasteiger partial charge in [-0.3, -0.25) is 9.59 Å². The molecule has 0 aliphatic carbocycles. The Morgan fingerprint density at radius 2 is 2.21 bits per heavy atom. The average Bonchev–Trinajstić information content (AvgIpc) is 2.55. The van der Waals surface area contributed by atoms with E-state index in [0.717, 1.165) is 5.56 Å². The summed E-state index contributed by atoms with van der Waals surface area (Å²) in [6.07, 6.45) is 1.92. The van der Waals surface area contributed by atoms with Crippen molar-refractivity contribution in [1.82, 2.24) is 9.97 Å². The number of carbonyl (C=O) groups excluding carboxylic acids is 1. The first kappa shape index (κ1) is 16.4. The van der Waals surface area contributed by atoms with Crippen molar-refractivity contribution in [1.29, 1.82) is 0 Å². The third kappa shape index (κ3) is 2.96. The Morgan fingerprint density at radius 1 is 1.42 bits per heavy atom. The van der Waals surface area contributed by atoms with Crippen molar-refractivity contribution in [3.05, 3.63) is 39.7 Å². The summed E-state index contributed by atoms with van der Waals surface area (Å²) in [4.78, 5) is 31.5. The summed E-state index contributed by atoms with van der Waals surface area (Å²) in [5.41, 5.74) is 0.859. The largest absolute Gasteiger partial charge is 0.504 e. The number of rotatable bonds is 4. The van der Waals surface area contributed by atoms with Crippen molar-refractivity contribution in [2.45, 2.75) is 24.4 Å². The number of hydrogen-bond acceptors (Lipinski definition) is 6. The number of carbonyl (C=O) groups is 1. The number of hydrogen-bond donors (Lipinski definition) is 3. The lowest BCUT2D eigenvalue weighted by atomic mass is 9.86. The topological polar surface area (TPSA) is 104 Å². The molecule has 7 nitrogen and oxygen atoms in total. The molecule has 2 heterocycles. The van der Waals surface area contributed by atoms with E-state index < -0.39 is 5.92 Å². The fourth-order valence-corrected chi connectivity index (χ4v) is 3.13. The molecule has 0 radical (unpaired) electrons. The number of thioether (sulfide) groups is 1. The number of ether oxygens (including phenoxy) is 1. The van der Waals surface area contributed by atoms with Gasteiger partial charge < -0.3 is 20.1 Å². The van der Waals surface area contributed by atoms with Gasteiger partial charge in [0.25, 0.3) is 5.56 Å². The van der Waals surface area contributed by atoms with Crippen LogP contribution < -0.4 is 15.6 Å². The fourth-order valence-electron chi connectivity index (χ4n) is 2.75. The van der Waals surface area contributed by atoms with Crippen LogP contribution in [0.1, 0.15) is 30.4 Å². The number of aromatic nitrogens is 2. The minimum absolute atomic E-state index is 0.0193. The van der Waals surface area contributed by atoms with Gasteiger partial charge in [-0.2, -0.15) is 0 Å². The van der Waals surface area contributed by atoms with Gasteiger partial charge in [-0.1, -0.05) is 17.8 Å². The Morgan fingerprint density at radius 3 is 2.92 bits per heavy atom. The summed E-state index contributed by atoms with van der Waals surface area (Å²) >= 11 is 1.29. The normalized spacial score (nSPS) is 16.4. The van der Waals surface area contributed by atoms with Gasteiger partial charge in [-0.15, -0.1) is 0 Å². The number of amides is 1. The number of nitrogens with zero attached hydrogens (tertiary/aromatic N) is 1. The zero-order chi connectivity index (χ0) is 17.3. The molecule has 1 unspecified atom stereocenters. The van der Waals surface area contributed by atoms with Crippen LogP contribution >= 0.6 is 11.8 Å². The molecular formula is C16H17N3O4S. The van der Waals surface area contributed by atoms with Gasteiger partial charge in [-0.25, -0.2) is 4.98 Å². The number of aromatic hydroxyl groups is 1. The van der Waals surface area contributed by atoms with E-state index in [4.69, 9.17) is 4.74 Å². The van der Waals surface area contributed by atoms with Gasteiger partial charge in [-0.05, 0) is 30.9 Å². The van der Waals surface area contributed by atoms with Crippen LogP contribution in [0.3, 0.4) is 0 Å². The quantitative estimate of drug-likeness (QED) is 0.578. The molecule has 1 aliphatic rings. The lowest BCUT2D eigenvalue weighted by Gasteiger charge is -2.24. The summed E-state index contributed by atoms with van der Waals surface area (Å²) in [7, 11) is 0. The molecule has 24 heavy (non-hydrogen) atoms. The Balaban J connectivity index is 2.12. The monoisotopic (exact) mass is 347 g/mol. The second kappa shape index (κ2) is 6.56. The zero-order valence-electron chi connectivity index (χ0n) is 13.3. The molecule has 1 aromatic heterocycles. The molecule has 1 atom stereocenters. The summed E-state index contributed by atoms with van der Waals surface area (Å²) in [6, 6.07) is 4.85. The lowest BCUT2D eigenvalue weighted by molar-refractivity contribution is -0.116. The lowest BCUT2D eigenvalue weighted by Crippen LogP contribution is -2.31. The molecule has 0 bridgehead atoms. The number of fused-ring (bicyclic) bond motifs is 1. The van der Waals surface area contributed by atoms with E-state index in [9.17, 15) is 14.7 Å². The standard InChI is InChI=1S/C16H17N3O4S/c1-3-23-11-6-8(4-5-10(11)20)9-7-12(21)17-14-13(9)15(22)19-16(18-14)24-2/h4-6,9,20H,3,7H2,1-2H3,(H2,17,18,19,21,22). The molecule has 1 amide bonds. The van der Waals surface area contributed by atoms with Crippen molar-refractivity contribution in [2.75, 3.05) is 18.2 Å². The molecule has 0 spiro atoms. The van der Waals surface area contributed by atoms with E-state index in [-0.39, 0.29) is 29.5 Å². The van der Waals surface area contributed by atoms with E-state index in [0.29, 0.717) is 23.1 Å². The number of phenols is 1. The summed E-state index contributed by atoms with van der Waals surface area (Å²) in [5.74, 6) is -0.0155. The minimum Gasteiger partial charge on any atom is -0.504 e. The highest BCUT2D eigenvalue weighted by Gasteiger charge is 2.31. The SMILES string of the molecule is CCOc1cc(C2CC(=O)Nc3nc(SC)[nH]c(=O)c32)ccc1O. The van der Waals surface area contributed by atoms with Crippen molar-refractivity contribution in [2.24, 2.45) is 0 Å². The number of benzene rings is 1. The summed E-state index contributed by atoms with van der Waals surface area (Å²) in [5, 5.41) is 13.0. The maximum atomic E-state index is 12.5. The number of H-pyrrole nitrogens is 1. The van der Waals surface area contributed by atoms with Crippen molar-refractivity contribution in [3.63, 3.8) is 0 Å². The first-order valence-corrected chi connectivity index (χ1v) is 8.69. The van der Waals surface area contributed by atoms with Crippen LogP contribution in [0.5, 0.6) is 11.5 Å². The van der Waals surface area contributed by atoms with Crippen LogP contribution in [0.2, 0.25) is 0 Å². The molecular weight excluding hydrogens is 330 g/mol. The zero-order valence-corrected chi connectivity index (χ0v) is 14.1.